The Balaban J connectivity index is 1.38. The summed E-state index contributed by atoms with van der Waals surface area (Å²) in [5.41, 5.74) is 0.749. The van der Waals surface area contributed by atoms with Gasteiger partial charge in [-0.3, -0.25) is 14.6 Å². The van der Waals surface area contributed by atoms with Gasteiger partial charge < -0.3 is 14.5 Å². The number of hydrogen-bond acceptors (Lipinski definition) is 5. The highest BCUT2D eigenvalue weighted by atomic mass is 19.1. The molecule has 152 valence electrons. The zero-order valence-electron chi connectivity index (χ0n) is 16.1. The van der Waals surface area contributed by atoms with E-state index in [2.05, 4.69) is 9.97 Å². The molecule has 2 aliphatic rings. The van der Waals surface area contributed by atoms with Gasteiger partial charge in [0.25, 0.3) is 0 Å². The van der Waals surface area contributed by atoms with Gasteiger partial charge >= 0.3 is 0 Å². The maximum absolute atomic E-state index is 13.1. The fraction of sp³-hybridized carbons (Fsp3) is 0.429. The van der Waals surface area contributed by atoms with Gasteiger partial charge in [-0.05, 0) is 43.5 Å². The number of amides is 2. The first kappa shape index (κ1) is 19.3. The van der Waals surface area contributed by atoms with E-state index in [0.29, 0.717) is 37.7 Å². The van der Waals surface area contributed by atoms with Crippen molar-refractivity contribution in [2.75, 3.05) is 26.2 Å². The zero-order chi connectivity index (χ0) is 20.2. The maximum Gasteiger partial charge on any atom is 0.242 e. The number of nitrogens with zero attached hydrogens (tertiary/aromatic N) is 4. The van der Waals surface area contributed by atoms with E-state index >= 15 is 0 Å². The Kier molecular flexibility index (Phi) is 5.69. The van der Waals surface area contributed by atoms with Gasteiger partial charge in [-0.25, -0.2) is 9.37 Å². The highest BCUT2D eigenvalue weighted by Crippen LogP contribution is 2.33. The van der Waals surface area contributed by atoms with E-state index in [1.807, 2.05) is 4.90 Å². The molecule has 0 atom stereocenters. The maximum atomic E-state index is 13.1. The van der Waals surface area contributed by atoms with Crippen molar-refractivity contribution in [3.05, 3.63) is 48.2 Å². The number of rotatable bonds is 5. The number of likely N-dealkylation sites (tertiary alicyclic amines) is 2. The van der Waals surface area contributed by atoms with Gasteiger partial charge in [0, 0.05) is 44.4 Å². The van der Waals surface area contributed by atoms with Gasteiger partial charge in [0.1, 0.15) is 17.3 Å². The molecule has 7 nitrogen and oxygen atoms in total. The lowest BCUT2D eigenvalue weighted by atomic mass is 9.93. The summed E-state index contributed by atoms with van der Waals surface area (Å²) in [7, 11) is 0. The molecule has 1 aromatic carbocycles. The van der Waals surface area contributed by atoms with Crippen molar-refractivity contribution in [2.24, 2.45) is 0 Å². The van der Waals surface area contributed by atoms with Gasteiger partial charge in [-0.1, -0.05) is 0 Å². The normalized spacial score (nSPS) is 17.6. The molecule has 0 spiro atoms. The van der Waals surface area contributed by atoms with E-state index in [1.54, 1.807) is 29.4 Å². The number of piperidine rings is 1. The van der Waals surface area contributed by atoms with Gasteiger partial charge in [0.2, 0.25) is 17.7 Å². The fourth-order valence-corrected chi connectivity index (χ4v) is 3.85. The molecule has 2 saturated heterocycles. The number of benzene rings is 1. The van der Waals surface area contributed by atoms with Gasteiger partial charge in [-0.15, -0.1) is 0 Å². The SMILES string of the molecule is O=C(CN1CCCC1=O)N1CCC(c2nccnc2Oc2ccc(F)cc2)CC1. The van der Waals surface area contributed by atoms with Crippen LogP contribution in [-0.4, -0.2) is 57.8 Å². The Hall–Kier alpha value is -3.03. The Morgan fingerprint density at radius 2 is 1.83 bits per heavy atom. The first-order valence-electron chi connectivity index (χ1n) is 9.90. The molecule has 0 saturated carbocycles. The Morgan fingerprint density at radius 1 is 1.10 bits per heavy atom. The van der Waals surface area contributed by atoms with E-state index in [-0.39, 0.29) is 30.1 Å². The second-order valence-electron chi connectivity index (χ2n) is 7.38. The van der Waals surface area contributed by atoms with Crippen molar-refractivity contribution in [1.82, 2.24) is 19.8 Å². The molecule has 1 aromatic heterocycles. The third kappa shape index (κ3) is 4.52. The van der Waals surface area contributed by atoms with Crippen molar-refractivity contribution in [1.29, 1.82) is 0 Å². The predicted octanol–water partition coefficient (Wildman–Crippen LogP) is 2.74. The third-order valence-electron chi connectivity index (χ3n) is 5.45. The summed E-state index contributed by atoms with van der Waals surface area (Å²) in [6.45, 7) is 2.06. The van der Waals surface area contributed by atoms with Crippen molar-refractivity contribution >= 4 is 11.8 Å². The molecular weight excluding hydrogens is 375 g/mol. The van der Waals surface area contributed by atoms with Crippen LogP contribution in [0.25, 0.3) is 0 Å². The quantitative estimate of drug-likeness (QED) is 0.774. The summed E-state index contributed by atoms with van der Waals surface area (Å²) in [6, 6.07) is 5.77. The average molecular weight is 398 g/mol. The smallest absolute Gasteiger partial charge is 0.242 e. The number of carbonyl (C=O) groups is 2. The zero-order valence-corrected chi connectivity index (χ0v) is 16.1. The second-order valence-corrected chi connectivity index (χ2v) is 7.38. The molecule has 0 radical (unpaired) electrons. The molecule has 0 N–H and O–H groups in total. The lowest BCUT2D eigenvalue weighted by Gasteiger charge is -2.33. The lowest BCUT2D eigenvalue weighted by molar-refractivity contribution is -0.139. The first-order valence-corrected chi connectivity index (χ1v) is 9.90. The summed E-state index contributed by atoms with van der Waals surface area (Å²) in [6.07, 6.45) is 6.06. The minimum Gasteiger partial charge on any atom is -0.437 e. The molecular formula is C21H23FN4O3. The third-order valence-corrected chi connectivity index (χ3v) is 5.45. The Morgan fingerprint density at radius 3 is 2.52 bits per heavy atom. The number of halogens is 1. The molecule has 0 aliphatic carbocycles. The van der Waals surface area contributed by atoms with E-state index < -0.39 is 0 Å². The highest BCUT2D eigenvalue weighted by Gasteiger charge is 2.30. The molecule has 2 fully saturated rings. The van der Waals surface area contributed by atoms with Crippen LogP contribution in [0.1, 0.15) is 37.3 Å². The first-order chi connectivity index (χ1) is 14.1. The molecule has 2 aliphatic heterocycles. The molecule has 0 unspecified atom stereocenters. The average Bonchev–Trinajstić information content (AvgIpc) is 3.15. The van der Waals surface area contributed by atoms with Crippen LogP contribution >= 0.6 is 0 Å². The summed E-state index contributed by atoms with van der Waals surface area (Å²) >= 11 is 0. The van der Waals surface area contributed by atoms with Crippen molar-refractivity contribution in [2.45, 2.75) is 31.6 Å². The van der Waals surface area contributed by atoms with Crippen molar-refractivity contribution in [3.8, 4) is 11.6 Å². The molecule has 2 amide bonds. The summed E-state index contributed by atoms with van der Waals surface area (Å²) in [5.74, 6) is 0.764. The lowest BCUT2D eigenvalue weighted by Crippen LogP contribution is -2.44. The van der Waals surface area contributed by atoms with E-state index in [4.69, 9.17) is 4.74 Å². The van der Waals surface area contributed by atoms with E-state index in [0.717, 1.165) is 25.0 Å². The minimum atomic E-state index is -0.329. The largest absolute Gasteiger partial charge is 0.437 e. The summed E-state index contributed by atoms with van der Waals surface area (Å²) in [5, 5.41) is 0. The fourth-order valence-electron chi connectivity index (χ4n) is 3.85. The van der Waals surface area contributed by atoms with Gasteiger partial charge in [-0.2, -0.15) is 0 Å². The highest BCUT2D eigenvalue weighted by molar-refractivity contribution is 5.85. The van der Waals surface area contributed by atoms with Crippen LogP contribution in [-0.2, 0) is 9.59 Å². The predicted molar refractivity (Wildman–Crippen MR) is 103 cm³/mol. The van der Waals surface area contributed by atoms with Crippen molar-refractivity contribution < 1.29 is 18.7 Å². The molecule has 4 rings (SSSR count). The minimum absolute atomic E-state index is 0.000585. The number of aromatic nitrogens is 2. The molecule has 29 heavy (non-hydrogen) atoms. The van der Waals surface area contributed by atoms with E-state index in [1.165, 1.54) is 12.1 Å². The summed E-state index contributed by atoms with van der Waals surface area (Å²) in [4.78, 5) is 36.5. The van der Waals surface area contributed by atoms with E-state index in [9.17, 15) is 14.0 Å². The standard InChI is InChI=1S/C21H23FN4O3/c22-16-3-5-17(6-4-16)29-21-20(23-9-10-24-21)15-7-12-25(13-8-15)19(28)14-26-11-1-2-18(26)27/h3-6,9-10,15H,1-2,7-8,11-14H2. The van der Waals surface area contributed by atoms with Crippen LogP contribution < -0.4 is 4.74 Å². The van der Waals surface area contributed by atoms with Crippen LogP contribution in [0.15, 0.2) is 36.7 Å². The summed E-state index contributed by atoms with van der Waals surface area (Å²) < 4.78 is 18.9. The number of hydrogen-bond donors (Lipinski definition) is 0. The Bertz CT molecular complexity index is 882. The number of ether oxygens (including phenoxy) is 1. The molecule has 8 heteroatoms. The Labute approximate surface area is 168 Å². The van der Waals surface area contributed by atoms with Gasteiger partial charge in [0.05, 0.1) is 6.54 Å². The monoisotopic (exact) mass is 398 g/mol. The van der Waals surface area contributed by atoms with Crippen LogP contribution in [0.2, 0.25) is 0 Å². The molecule has 3 heterocycles. The second kappa shape index (κ2) is 8.55. The van der Waals surface area contributed by atoms with Crippen LogP contribution in [0.3, 0.4) is 0 Å². The van der Waals surface area contributed by atoms with Crippen LogP contribution in [0.4, 0.5) is 4.39 Å². The molecule has 0 bridgehead atoms. The molecule has 2 aromatic rings. The topological polar surface area (TPSA) is 75.6 Å². The van der Waals surface area contributed by atoms with Crippen LogP contribution in [0.5, 0.6) is 11.6 Å². The van der Waals surface area contributed by atoms with Crippen molar-refractivity contribution in [3.63, 3.8) is 0 Å². The van der Waals surface area contributed by atoms with Crippen LogP contribution in [0, 0.1) is 5.82 Å². The van der Waals surface area contributed by atoms with Gasteiger partial charge in [0.15, 0.2) is 0 Å². The number of carbonyl (C=O) groups excluding carboxylic acids is 2.